The van der Waals surface area contributed by atoms with Crippen LogP contribution in [0.25, 0.3) is 39.3 Å². The number of aromatic amines is 2. The highest BCUT2D eigenvalue weighted by molar-refractivity contribution is 6.11. The van der Waals surface area contributed by atoms with Crippen LogP contribution in [0.2, 0.25) is 0 Å². The maximum Gasteiger partial charge on any atom is 0.251 e. The third-order valence-corrected chi connectivity index (χ3v) is 5.02. The molecule has 5 N–H and O–H groups in total. The van der Waals surface area contributed by atoms with Gasteiger partial charge in [-0.15, -0.1) is 5.73 Å². The number of fused-ring (bicyclic) bond motifs is 2. The molecule has 162 valence electrons. The molecule has 2 amide bonds. The van der Waals surface area contributed by atoms with Crippen LogP contribution in [0.4, 0.5) is 0 Å². The fourth-order valence-corrected chi connectivity index (χ4v) is 3.35. The van der Waals surface area contributed by atoms with E-state index in [1.165, 1.54) is 12.3 Å². The molecule has 0 saturated heterocycles. The molecule has 0 radical (unpaired) electrons. The molecule has 1 aliphatic rings. The van der Waals surface area contributed by atoms with Crippen LogP contribution in [-0.2, 0) is 4.79 Å². The summed E-state index contributed by atoms with van der Waals surface area (Å²) < 4.78 is 0. The van der Waals surface area contributed by atoms with Gasteiger partial charge in [0.15, 0.2) is 17.1 Å². The minimum absolute atomic E-state index is 0.124. The summed E-state index contributed by atoms with van der Waals surface area (Å²) in [5, 5.41) is 10.6. The van der Waals surface area contributed by atoms with Crippen LogP contribution in [0, 0.1) is 0 Å². The fraction of sp³-hybridized carbons (Fsp3) is 0.0909. The molecule has 0 bridgehead atoms. The van der Waals surface area contributed by atoms with Gasteiger partial charge in [-0.25, -0.2) is 19.9 Å². The lowest BCUT2D eigenvalue weighted by Crippen LogP contribution is -2.20. The highest BCUT2D eigenvalue weighted by Crippen LogP contribution is 2.27. The summed E-state index contributed by atoms with van der Waals surface area (Å²) in [4.78, 5) is 43.9. The Kier molecular flexibility index (Phi) is 4.85. The predicted molar refractivity (Wildman–Crippen MR) is 122 cm³/mol. The normalized spacial score (nSPS) is 13.1. The van der Waals surface area contributed by atoms with E-state index < -0.39 is 5.91 Å². The van der Waals surface area contributed by atoms with Crippen LogP contribution in [0.15, 0.2) is 53.2 Å². The van der Waals surface area contributed by atoms with E-state index in [9.17, 15) is 9.59 Å². The number of primary amides is 1. The standard InChI is InChI=1S/C22H17N9O2/c1-2-16(32)27-15-5-3-4-11(9-25-15)12-8-14-18(30-31-20(14)26-10-12)22-28-17-13(19(23)33)6-7-24-21(17)29-22/h3,5-10H,2H2,1H3,(H2,23,33)(H,27,32)(H,24,28,29)(H,26,30,31). The number of nitrogens with zero attached hydrogens (tertiary/aromatic N) is 5. The molecular weight excluding hydrogens is 422 g/mol. The van der Waals surface area contributed by atoms with Gasteiger partial charge in [0.2, 0.25) is 5.91 Å². The van der Waals surface area contributed by atoms with Gasteiger partial charge in [-0.3, -0.25) is 14.7 Å². The number of hydrogen-bond donors (Lipinski definition) is 4. The molecule has 0 fully saturated rings. The zero-order valence-corrected chi connectivity index (χ0v) is 17.4. The van der Waals surface area contributed by atoms with E-state index in [1.807, 2.05) is 6.07 Å². The van der Waals surface area contributed by atoms with Crippen LogP contribution in [0.3, 0.4) is 0 Å². The van der Waals surface area contributed by atoms with Gasteiger partial charge in [0.1, 0.15) is 11.5 Å². The Hall–Kier alpha value is -4.89. The van der Waals surface area contributed by atoms with E-state index >= 15 is 0 Å². The molecule has 5 heterocycles. The summed E-state index contributed by atoms with van der Waals surface area (Å²) in [5.41, 5.74) is 12.2. The van der Waals surface area contributed by atoms with Gasteiger partial charge in [0.05, 0.1) is 16.5 Å². The Morgan fingerprint density at radius 3 is 2.94 bits per heavy atom. The quantitative estimate of drug-likeness (QED) is 0.347. The lowest BCUT2D eigenvalue weighted by Gasteiger charge is -2.02. The van der Waals surface area contributed by atoms with Crippen molar-refractivity contribution in [3.05, 3.63) is 59.4 Å². The number of pyridine rings is 2. The van der Waals surface area contributed by atoms with Crippen LogP contribution >= 0.6 is 0 Å². The summed E-state index contributed by atoms with van der Waals surface area (Å²) >= 11 is 0. The molecular formula is C22H17N9O2. The minimum Gasteiger partial charge on any atom is -0.366 e. The fourth-order valence-electron chi connectivity index (χ4n) is 3.35. The Bertz CT molecular complexity index is 1570. The number of aromatic nitrogens is 6. The number of imidazole rings is 1. The maximum absolute atomic E-state index is 11.7. The average molecular weight is 439 g/mol. The molecule has 11 nitrogen and oxygen atoms in total. The van der Waals surface area contributed by atoms with Gasteiger partial charge in [-0.1, -0.05) is 6.92 Å². The van der Waals surface area contributed by atoms with Crippen molar-refractivity contribution in [3.8, 4) is 11.5 Å². The van der Waals surface area contributed by atoms with Crippen molar-refractivity contribution < 1.29 is 9.59 Å². The third-order valence-electron chi connectivity index (χ3n) is 5.02. The minimum atomic E-state index is -0.578. The van der Waals surface area contributed by atoms with E-state index in [-0.39, 0.29) is 5.91 Å². The molecule has 0 aromatic carbocycles. The number of aliphatic imine (C=N–C) groups is 1. The highest BCUT2D eigenvalue weighted by Gasteiger charge is 2.17. The Balaban J connectivity index is 1.53. The average Bonchev–Trinajstić information content (AvgIpc) is 3.36. The van der Waals surface area contributed by atoms with Gasteiger partial charge in [-0.05, 0) is 24.3 Å². The van der Waals surface area contributed by atoms with E-state index in [0.717, 1.165) is 5.56 Å². The summed E-state index contributed by atoms with van der Waals surface area (Å²) in [5.74, 6) is 0.173. The Labute approximate surface area is 186 Å². The van der Waals surface area contributed by atoms with Crippen LogP contribution < -0.4 is 11.1 Å². The molecule has 0 atom stereocenters. The van der Waals surface area contributed by atoms with Gasteiger partial charge in [0.25, 0.3) is 5.91 Å². The summed E-state index contributed by atoms with van der Waals surface area (Å²) in [6, 6.07) is 3.42. The van der Waals surface area contributed by atoms with Crippen LogP contribution in [0.5, 0.6) is 0 Å². The van der Waals surface area contributed by atoms with E-state index in [1.54, 1.807) is 31.5 Å². The summed E-state index contributed by atoms with van der Waals surface area (Å²) in [6.07, 6.45) is 8.47. The maximum atomic E-state index is 11.7. The van der Waals surface area contributed by atoms with Crippen LogP contribution in [0.1, 0.15) is 29.3 Å². The highest BCUT2D eigenvalue weighted by atomic mass is 16.2. The van der Waals surface area contributed by atoms with Crippen molar-refractivity contribution in [2.45, 2.75) is 13.3 Å². The second kappa shape index (κ2) is 7.98. The largest absolute Gasteiger partial charge is 0.366 e. The number of nitrogens with two attached hydrogens (primary N) is 1. The SMILES string of the molecule is CCC(=O)NC1=CC=C=C(c2cnc3n[nH]c(-c4nc5nccc(C(N)=O)c5[nH]4)c3c2)C=N1. The molecule has 1 aliphatic heterocycles. The summed E-state index contributed by atoms with van der Waals surface area (Å²) in [7, 11) is 0. The van der Waals surface area contributed by atoms with E-state index in [0.29, 0.717) is 57.1 Å². The summed E-state index contributed by atoms with van der Waals surface area (Å²) in [6.45, 7) is 1.77. The van der Waals surface area contributed by atoms with Crippen molar-refractivity contribution in [1.82, 2.24) is 35.5 Å². The molecule has 33 heavy (non-hydrogen) atoms. The number of rotatable bonds is 5. The van der Waals surface area contributed by atoms with Crippen molar-refractivity contribution >= 4 is 45.8 Å². The molecule has 11 heteroatoms. The zero-order valence-electron chi connectivity index (χ0n) is 17.4. The monoisotopic (exact) mass is 439 g/mol. The van der Waals surface area contributed by atoms with Gasteiger partial charge in [-0.2, -0.15) is 5.10 Å². The zero-order chi connectivity index (χ0) is 22.9. The first kappa shape index (κ1) is 20.0. The Morgan fingerprint density at radius 2 is 2.12 bits per heavy atom. The van der Waals surface area contributed by atoms with Gasteiger partial charge < -0.3 is 16.0 Å². The lowest BCUT2D eigenvalue weighted by atomic mass is 10.1. The number of carbonyl (C=O) groups is 2. The lowest BCUT2D eigenvalue weighted by molar-refractivity contribution is -0.120. The smallest absolute Gasteiger partial charge is 0.251 e. The third kappa shape index (κ3) is 3.68. The second-order valence-electron chi connectivity index (χ2n) is 7.14. The van der Waals surface area contributed by atoms with Gasteiger partial charge in [0, 0.05) is 36.2 Å². The van der Waals surface area contributed by atoms with Crippen LogP contribution in [-0.4, -0.2) is 48.2 Å². The number of hydrogen-bond acceptors (Lipinski definition) is 7. The molecule has 0 aliphatic carbocycles. The number of amides is 2. The first-order chi connectivity index (χ1) is 16.0. The van der Waals surface area contributed by atoms with E-state index in [2.05, 4.69) is 46.2 Å². The topological polar surface area (TPSA) is 168 Å². The predicted octanol–water partition coefficient (Wildman–Crippen LogP) is 1.99. The first-order valence-corrected chi connectivity index (χ1v) is 10.0. The molecule has 0 unspecified atom stereocenters. The second-order valence-corrected chi connectivity index (χ2v) is 7.14. The molecule has 4 aromatic heterocycles. The van der Waals surface area contributed by atoms with Crippen molar-refractivity contribution in [2.24, 2.45) is 10.7 Å². The van der Waals surface area contributed by atoms with Crippen molar-refractivity contribution in [2.75, 3.05) is 0 Å². The molecule has 5 rings (SSSR count). The molecule has 0 saturated carbocycles. The Morgan fingerprint density at radius 1 is 1.24 bits per heavy atom. The molecule has 0 spiro atoms. The van der Waals surface area contributed by atoms with Crippen molar-refractivity contribution in [1.29, 1.82) is 0 Å². The first-order valence-electron chi connectivity index (χ1n) is 10.0. The number of carbonyl (C=O) groups excluding carboxylic acids is 2. The molecule has 4 aromatic rings. The number of nitrogens with one attached hydrogen (secondary N) is 3. The van der Waals surface area contributed by atoms with E-state index in [4.69, 9.17) is 5.73 Å². The van der Waals surface area contributed by atoms with Crippen molar-refractivity contribution in [3.63, 3.8) is 0 Å². The van der Waals surface area contributed by atoms with Gasteiger partial charge >= 0.3 is 0 Å². The number of allylic oxidation sites excluding steroid dienone is 2. The number of H-pyrrole nitrogens is 2.